The average molecular weight is 689 g/mol. The molecular formula is C29H28Cl3NO10S. The molecule has 3 rings (SSSR count). The van der Waals surface area contributed by atoms with Crippen molar-refractivity contribution in [2.45, 2.75) is 24.0 Å². The molecule has 0 aliphatic heterocycles. The number of carbonyl (C=O) groups excluding carboxylic acids is 2. The molecule has 0 saturated carbocycles. The molecule has 15 heteroatoms. The highest BCUT2D eigenvalue weighted by Gasteiger charge is 2.37. The number of oxime groups is 1. The van der Waals surface area contributed by atoms with Gasteiger partial charge in [-0.15, -0.1) is 0 Å². The molecule has 0 saturated heterocycles. The molecular weight excluding hydrogens is 661 g/mol. The molecule has 3 aromatic rings. The molecule has 0 heterocycles. The normalized spacial score (nSPS) is 13.5. The molecule has 0 unspecified atom stereocenters. The van der Waals surface area contributed by atoms with Gasteiger partial charge in [-0.2, -0.15) is 8.42 Å². The number of hydrogen-bond donors (Lipinski definition) is 0. The Balaban J connectivity index is 2.01. The SMILES string of the molecule is CO/N=C\[C@@H](C)[C@H](OC(=O)c1ccc(OC)cc1)[C@@H](COC(=O)c1ccc(OC)cc1)OS(=O)(=O)c1cc(Cl)c(Cl)cc1Cl. The summed E-state index contributed by atoms with van der Waals surface area (Å²) in [5.74, 6) is -1.49. The van der Waals surface area contributed by atoms with Crippen LogP contribution in [-0.4, -0.2) is 66.7 Å². The predicted octanol–water partition coefficient (Wildman–Crippen LogP) is 6.09. The van der Waals surface area contributed by atoms with E-state index < -0.39 is 51.7 Å². The van der Waals surface area contributed by atoms with Crippen molar-refractivity contribution < 1.29 is 46.0 Å². The smallest absolute Gasteiger partial charge is 0.338 e. The van der Waals surface area contributed by atoms with Crippen LogP contribution in [0.2, 0.25) is 15.1 Å². The number of methoxy groups -OCH3 is 2. The van der Waals surface area contributed by atoms with Crippen molar-refractivity contribution in [3.05, 3.63) is 86.9 Å². The Kier molecular flexibility index (Phi) is 12.7. The average Bonchev–Trinajstić information content (AvgIpc) is 3.02. The van der Waals surface area contributed by atoms with Crippen LogP contribution in [0.4, 0.5) is 0 Å². The van der Waals surface area contributed by atoms with Gasteiger partial charge in [0.2, 0.25) is 0 Å². The van der Waals surface area contributed by atoms with Crippen molar-refractivity contribution in [2.24, 2.45) is 11.1 Å². The fourth-order valence-electron chi connectivity index (χ4n) is 3.74. The lowest BCUT2D eigenvalue weighted by Gasteiger charge is -2.29. The summed E-state index contributed by atoms with van der Waals surface area (Å²) in [6.07, 6.45) is -1.75. The molecule has 0 bridgehead atoms. The third-order valence-electron chi connectivity index (χ3n) is 6.05. The lowest BCUT2D eigenvalue weighted by atomic mass is 10.0. The van der Waals surface area contributed by atoms with Gasteiger partial charge in [0.15, 0.2) is 0 Å². The standard InChI is InChI=1S/C29H28Cl3NO10S/c1-17(15-33-40-4)27(42-29(35)19-7-11-21(39-3)12-8-19)25(16-41-28(34)18-5-9-20(38-2)10-6-18)43-44(36,37)26-14-23(31)22(30)13-24(26)32/h5-15,17,25,27H,16H2,1-4H3/b33-15-/t17-,25-,27+/m1/s1. The second-order valence-electron chi connectivity index (χ2n) is 9.01. The first kappa shape index (κ1) is 34.9. The first-order valence-electron chi connectivity index (χ1n) is 12.7. The number of hydrogen-bond acceptors (Lipinski definition) is 11. The van der Waals surface area contributed by atoms with Crippen LogP contribution < -0.4 is 9.47 Å². The van der Waals surface area contributed by atoms with Crippen LogP contribution in [0.5, 0.6) is 11.5 Å². The summed E-state index contributed by atoms with van der Waals surface area (Å²) in [6, 6.07) is 14.2. The lowest BCUT2D eigenvalue weighted by molar-refractivity contribution is -0.0409. The summed E-state index contributed by atoms with van der Waals surface area (Å²) in [4.78, 5) is 30.4. The van der Waals surface area contributed by atoms with Gasteiger partial charge in [0, 0.05) is 5.92 Å². The Labute approximate surface area is 269 Å². The van der Waals surface area contributed by atoms with Crippen LogP contribution in [0.25, 0.3) is 0 Å². The van der Waals surface area contributed by atoms with E-state index >= 15 is 0 Å². The van der Waals surface area contributed by atoms with E-state index in [0.29, 0.717) is 11.5 Å². The summed E-state index contributed by atoms with van der Waals surface area (Å²) in [5.41, 5.74) is 0.261. The molecule has 0 aliphatic carbocycles. The van der Waals surface area contributed by atoms with Gasteiger partial charge in [-0.3, -0.25) is 4.18 Å². The molecule has 0 fully saturated rings. The first-order valence-corrected chi connectivity index (χ1v) is 15.2. The van der Waals surface area contributed by atoms with Gasteiger partial charge in [-0.05, 0) is 60.7 Å². The van der Waals surface area contributed by atoms with Crippen LogP contribution in [-0.2, 0) is 28.6 Å². The van der Waals surface area contributed by atoms with E-state index in [1.807, 2.05) is 0 Å². The molecule has 236 valence electrons. The lowest BCUT2D eigenvalue weighted by Crippen LogP contribution is -2.43. The van der Waals surface area contributed by atoms with Crippen LogP contribution >= 0.6 is 34.8 Å². The Morgan fingerprint density at radius 3 is 1.86 bits per heavy atom. The van der Waals surface area contributed by atoms with E-state index in [0.717, 1.165) is 12.1 Å². The maximum Gasteiger partial charge on any atom is 0.338 e. The zero-order valence-corrected chi connectivity index (χ0v) is 26.9. The first-order chi connectivity index (χ1) is 20.9. The van der Waals surface area contributed by atoms with E-state index in [-0.39, 0.29) is 26.2 Å². The van der Waals surface area contributed by atoms with E-state index in [2.05, 4.69) is 5.16 Å². The quantitative estimate of drug-likeness (QED) is 0.0644. The number of ether oxygens (including phenoxy) is 4. The maximum absolute atomic E-state index is 13.5. The summed E-state index contributed by atoms with van der Waals surface area (Å²) in [6.45, 7) is 0.879. The topological polar surface area (TPSA) is 136 Å². The molecule has 44 heavy (non-hydrogen) atoms. The molecule has 0 radical (unpaired) electrons. The zero-order chi connectivity index (χ0) is 32.4. The molecule has 0 spiro atoms. The molecule has 11 nitrogen and oxygen atoms in total. The third kappa shape index (κ3) is 9.23. The molecule has 3 aromatic carbocycles. The number of nitrogens with zero attached hydrogens (tertiary/aromatic N) is 1. The number of benzene rings is 3. The van der Waals surface area contributed by atoms with Crippen molar-refractivity contribution in [2.75, 3.05) is 27.9 Å². The number of esters is 2. The van der Waals surface area contributed by atoms with Gasteiger partial charge in [-0.1, -0.05) is 46.9 Å². The highest BCUT2D eigenvalue weighted by Crippen LogP contribution is 2.33. The van der Waals surface area contributed by atoms with Gasteiger partial charge in [0.25, 0.3) is 10.1 Å². The van der Waals surface area contributed by atoms with E-state index in [1.165, 1.54) is 51.8 Å². The van der Waals surface area contributed by atoms with Gasteiger partial charge in [-0.25, -0.2) is 9.59 Å². The largest absolute Gasteiger partial charge is 0.497 e. The van der Waals surface area contributed by atoms with Gasteiger partial charge >= 0.3 is 11.9 Å². The Morgan fingerprint density at radius 1 is 0.818 bits per heavy atom. The van der Waals surface area contributed by atoms with Crippen LogP contribution in [0, 0.1) is 5.92 Å². The van der Waals surface area contributed by atoms with Crippen LogP contribution in [0.1, 0.15) is 27.6 Å². The maximum atomic E-state index is 13.5. The molecule has 3 atom stereocenters. The fraction of sp³-hybridized carbons (Fsp3) is 0.276. The second-order valence-corrected chi connectivity index (χ2v) is 11.8. The third-order valence-corrected chi connectivity index (χ3v) is 8.58. The number of halogens is 3. The highest BCUT2D eigenvalue weighted by atomic mass is 35.5. The van der Waals surface area contributed by atoms with E-state index in [9.17, 15) is 18.0 Å². The Morgan fingerprint density at radius 2 is 1.34 bits per heavy atom. The monoisotopic (exact) mass is 687 g/mol. The minimum Gasteiger partial charge on any atom is -0.497 e. The molecule has 0 aliphatic rings. The van der Waals surface area contributed by atoms with Crippen molar-refractivity contribution in [1.29, 1.82) is 0 Å². The highest BCUT2D eigenvalue weighted by molar-refractivity contribution is 7.87. The van der Waals surface area contributed by atoms with Gasteiger partial charge < -0.3 is 23.8 Å². The molecule has 0 aromatic heterocycles. The van der Waals surface area contributed by atoms with Crippen molar-refractivity contribution in [3.63, 3.8) is 0 Å². The predicted molar refractivity (Wildman–Crippen MR) is 164 cm³/mol. The Bertz CT molecular complexity index is 1580. The van der Waals surface area contributed by atoms with E-state index in [1.54, 1.807) is 31.2 Å². The minimum absolute atomic E-state index is 0.0104. The number of carbonyl (C=O) groups is 2. The van der Waals surface area contributed by atoms with Crippen LogP contribution in [0.15, 0.2) is 70.7 Å². The van der Waals surface area contributed by atoms with Crippen molar-refractivity contribution in [1.82, 2.24) is 0 Å². The van der Waals surface area contributed by atoms with Crippen molar-refractivity contribution in [3.8, 4) is 11.5 Å². The molecule has 0 amide bonds. The summed E-state index contributed by atoms with van der Waals surface area (Å²) < 4.78 is 54.0. The number of rotatable bonds is 14. The van der Waals surface area contributed by atoms with Crippen LogP contribution in [0.3, 0.4) is 0 Å². The zero-order valence-electron chi connectivity index (χ0n) is 23.9. The summed E-state index contributed by atoms with van der Waals surface area (Å²) >= 11 is 18.2. The van der Waals surface area contributed by atoms with Crippen molar-refractivity contribution >= 4 is 63.1 Å². The van der Waals surface area contributed by atoms with E-state index in [4.69, 9.17) is 62.8 Å². The van der Waals surface area contributed by atoms with Gasteiger partial charge in [0.05, 0.1) is 46.6 Å². The Hall–Kier alpha value is -3.55. The summed E-state index contributed by atoms with van der Waals surface area (Å²) in [5, 5.41) is 3.34. The van der Waals surface area contributed by atoms with Gasteiger partial charge in [0.1, 0.15) is 42.3 Å². The fourth-order valence-corrected chi connectivity index (χ4v) is 5.79. The minimum atomic E-state index is -4.73. The summed E-state index contributed by atoms with van der Waals surface area (Å²) in [7, 11) is -0.494. The molecule has 0 N–H and O–H groups in total. The second kappa shape index (κ2) is 16.0.